The predicted octanol–water partition coefficient (Wildman–Crippen LogP) is 2.26. The number of fused-ring (bicyclic) bond motifs is 1. The standard InChI is InChI=1S/C15H12N6O2S2/c16-14-13-7-19-21(15(13)18-9-17-14)11-3-1-10(2-4-11)20-25(22,23)12-5-6-24-8-12/h1-9,20H,(H2,16,17,18). The third-order valence-corrected chi connectivity index (χ3v) is 5.78. The summed E-state index contributed by atoms with van der Waals surface area (Å²) in [5, 5.41) is 8.22. The molecule has 3 N–H and O–H groups in total. The minimum absolute atomic E-state index is 0.242. The molecular formula is C15H12N6O2S2. The average molecular weight is 372 g/mol. The van der Waals surface area contributed by atoms with Crippen LogP contribution in [0.3, 0.4) is 0 Å². The fourth-order valence-corrected chi connectivity index (χ4v) is 4.43. The first-order chi connectivity index (χ1) is 12.0. The first-order valence-corrected chi connectivity index (χ1v) is 9.57. The lowest BCUT2D eigenvalue weighted by Crippen LogP contribution is -2.12. The maximum absolute atomic E-state index is 12.2. The molecule has 10 heteroatoms. The van der Waals surface area contributed by atoms with Crippen LogP contribution in [0.4, 0.5) is 11.5 Å². The molecule has 0 spiro atoms. The van der Waals surface area contributed by atoms with Crippen molar-refractivity contribution >= 4 is 43.9 Å². The Labute approximate surface area is 147 Å². The number of nitrogens with two attached hydrogens (primary N) is 1. The van der Waals surface area contributed by atoms with Crippen molar-refractivity contribution in [2.24, 2.45) is 0 Å². The van der Waals surface area contributed by atoms with E-state index < -0.39 is 10.0 Å². The normalized spacial score (nSPS) is 11.7. The van der Waals surface area contributed by atoms with Crippen molar-refractivity contribution in [2.75, 3.05) is 10.5 Å². The molecule has 0 aliphatic heterocycles. The average Bonchev–Trinajstić information content (AvgIpc) is 3.26. The van der Waals surface area contributed by atoms with Crippen LogP contribution in [0.5, 0.6) is 0 Å². The van der Waals surface area contributed by atoms with Crippen LogP contribution in [-0.2, 0) is 10.0 Å². The van der Waals surface area contributed by atoms with Gasteiger partial charge in [0.2, 0.25) is 0 Å². The molecule has 1 aromatic carbocycles. The van der Waals surface area contributed by atoms with Crippen LogP contribution in [0.15, 0.2) is 58.5 Å². The second kappa shape index (κ2) is 5.83. The van der Waals surface area contributed by atoms with Gasteiger partial charge in [0.25, 0.3) is 10.0 Å². The molecule has 3 heterocycles. The van der Waals surface area contributed by atoms with Gasteiger partial charge >= 0.3 is 0 Å². The number of hydrogen-bond donors (Lipinski definition) is 2. The van der Waals surface area contributed by atoms with E-state index in [0.717, 1.165) is 5.69 Å². The lowest BCUT2D eigenvalue weighted by Gasteiger charge is -2.08. The number of anilines is 2. The monoisotopic (exact) mass is 372 g/mol. The lowest BCUT2D eigenvalue weighted by molar-refractivity contribution is 0.601. The van der Waals surface area contributed by atoms with Gasteiger partial charge in [-0.2, -0.15) is 16.4 Å². The summed E-state index contributed by atoms with van der Waals surface area (Å²) in [6, 6.07) is 8.38. The Morgan fingerprint density at radius 2 is 1.92 bits per heavy atom. The van der Waals surface area contributed by atoms with Gasteiger partial charge in [0, 0.05) is 11.1 Å². The molecule has 0 bridgehead atoms. The SMILES string of the molecule is Nc1ncnc2c1cnn2-c1ccc(NS(=O)(=O)c2ccsc2)cc1. The van der Waals surface area contributed by atoms with Gasteiger partial charge in [-0.1, -0.05) is 0 Å². The fraction of sp³-hybridized carbons (Fsp3) is 0. The second-order valence-electron chi connectivity index (χ2n) is 5.16. The van der Waals surface area contributed by atoms with Gasteiger partial charge in [0.15, 0.2) is 5.65 Å². The summed E-state index contributed by atoms with van der Waals surface area (Å²) in [5.41, 5.74) is 7.58. The van der Waals surface area contributed by atoms with E-state index >= 15 is 0 Å². The number of sulfonamides is 1. The van der Waals surface area contributed by atoms with Crippen molar-refractivity contribution in [2.45, 2.75) is 4.90 Å². The predicted molar refractivity (Wildman–Crippen MR) is 96.2 cm³/mol. The smallest absolute Gasteiger partial charge is 0.262 e. The Bertz CT molecular complexity index is 1130. The molecule has 25 heavy (non-hydrogen) atoms. The summed E-state index contributed by atoms with van der Waals surface area (Å²) in [6.07, 6.45) is 2.97. The zero-order valence-electron chi connectivity index (χ0n) is 12.7. The Morgan fingerprint density at radius 1 is 1.12 bits per heavy atom. The summed E-state index contributed by atoms with van der Waals surface area (Å²) in [4.78, 5) is 8.37. The highest BCUT2D eigenvalue weighted by atomic mass is 32.2. The van der Waals surface area contributed by atoms with E-state index in [4.69, 9.17) is 5.73 Å². The molecular weight excluding hydrogens is 360 g/mol. The molecule has 0 atom stereocenters. The van der Waals surface area contributed by atoms with Gasteiger partial charge in [0.1, 0.15) is 12.1 Å². The summed E-state index contributed by atoms with van der Waals surface area (Å²) in [7, 11) is -3.58. The van der Waals surface area contributed by atoms with Crippen molar-refractivity contribution in [3.8, 4) is 5.69 Å². The number of thiophene rings is 1. The van der Waals surface area contributed by atoms with E-state index in [0.29, 0.717) is 22.5 Å². The summed E-state index contributed by atoms with van der Waals surface area (Å²) in [5.74, 6) is 0.358. The van der Waals surface area contributed by atoms with E-state index in [1.165, 1.54) is 17.7 Å². The van der Waals surface area contributed by atoms with Crippen LogP contribution in [0.25, 0.3) is 16.7 Å². The largest absolute Gasteiger partial charge is 0.383 e. The molecule has 0 aliphatic rings. The van der Waals surface area contributed by atoms with E-state index in [2.05, 4.69) is 19.8 Å². The molecule has 0 aliphatic carbocycles. The van der Waals surface area contributed by atoms with Crippen LogP contribution >= 0.6 is 11.3 Å². The first kappa shape index (κ1) is 15.5. The van der Waals surface area contributed by atoms with E-state index in [1.807, 2.05) is 0 Å². The molecule has 0 unspecified atom stereocenters. The van der Waals surface area contributed by atoms with Crippen LogP contribution in [-0.4, -0.2) is 28.2 Å². The minimum atomic E-state index is -3.58. The molecule has 8 nitrogen and oxygen atoms in total. The number of nitrogen functional groups attached to an aromatic ring is 1. The molecule has 3 aromatic heterocycles. The van der Waals surface area contributed by atoms with Gasteiger partial charge in [0.05, 0.1) is 22.2 Å². The van der Waals surface area contributed by atoms with Crippen molar-refractivity contribution in [1.82, 2.24) is 19.7 Å². The Morgan fingerprint density at radius 3 is 2.64 bits per heavy atom. The zero-order valence-corrected chi connectivity index (χ0v) is 14.3. The lowest BCUT2D eigenvalue weighted by atomic mass is 10.3. The molecule has 4 rings (SSSR count). The van der Waals surface area contributed by atoms with Crippen molar-refractivity contribution < 1.29 is 8.42 Å². The Balaban J connectivity index is 1.65. The summed E-state index contributed by atoms with van der Waals surface area (Å²) in [6.45, 7) is 0. The molecule has 4 aromatic rings. The number of hydrogen-bond acceptors (Lipinski definition) is 7. The van der Waals surface area contributed by atoms with Gasteiger partial charge in [-0.3, -0.25) is 4.72 Å². The molecule has 126 valence electrons. The number of rotatable bonds is 4. The van der Waals surface area contributed by atoms with Crippen molar-refractivity contribution in [3.63, 3.8) is 0 Å². The summed E-state index contributed by atoms with van der Waals surface area (Å²) >= 11 is 1.33. The number of nitrogens with one attached hydrogen (secondary N) is 1. The molecule has 0 fully saturated rings. The van der Waals surface area contributed by atoms with Gasteiger partial charge in [-0.25, -0.2) is 23.1 Å². The van der Waals surface area contributed by atoms with Gasteiger partial charge in [-0.05, 0) is 35.7 Å². The third-order valence-electron chi connectivity index (χ3n) is 3.57. The maximum Gasteiger partial charge on any atom is 0.262 e. The second-order valence-corrected chi connectivity index (χ2v) is 7.63. The number of aromatic nitrogens is 4. The fourth-order valence-electron chi connectivity index (χ4n) is 2.34. The third kappa shape index (κ3) is 2.81. The quantitative estimate of drug-likeness (QED) is 0.568. The number of nitrogens with zero attached hydrogens (tertiary/aromatic N) is 4. The molecule has 0 saturated heterocycles. The van der Waals surface area contributed by atoms with Crippen LogP contribution < -0.4 is 10.5 Å². The molecule has 0 amide bonds. The topological polar surface area (TPSA) is 116 Å². The minimum Gasteiger partial charge on any atom is -0.383 e. The van der Waals surface area contributed by atoms with Gasteiger partial charge in [-0.15, -0.1) is 0 Å². The summed E-state index contributed by atoms with van der Waals surface area (Å²) < 4.78 is 28.6. The maximum atomic E-state index is 12.2. The highest BCUT2D eigenvalue weighted by Gasteiger charge is 2.15. The highest BCUT2D eigenvalue weighted by Crippen LogP contribution is 2.22. The van der Waals surface area contributed by atoms with E-state index in [-0.39, 0.29) is 4.90 Å². The first-order valence-electron chi connectivity index (χ1n) is 7.14. The molecule has 0 radical (unpaired) electrons. The van der Waals surface area contributed by atoms with Gasteiger partial charge < -0.3 is 5.73 Å². The highest BCUT2D eigenvalue weighted by molar-refractivity contribution is 7.92. The zero-order chi connectivity index (χ0) is 17.4. The van der Waals surface area contributed by atoms with Crippen LogP contribution in [0.2, 0.25) is 0 Å². The number of benzene rings is 1. The van der Waals surface area contributed by atoms with E-state index in [1.54, 1.807) is 52.0 Å². The Hall–Kier alpha value is -2.98. The van der Waals surface area contributed by atoms with Crippen molar-refractivity contribution in [1.29, 1.82) is 0 Å². The Kier molecular flexibility index (Phi) is 3.62. The van der Waals surface area contributed by atoms with E-state index in [9.17, 15) is 8.42 Å². The molecule has 0 saturated carbocycles. The van der Waals surface area contributed by atoms with Crippen molar-refractivity contribution in [3.05, 3.63) is 53.6 Å². The van der Waals surface area contributed by atoms with Crippen LogP contribution in [0.1, 0.15) is 0 Å². The van der Waals surface area contributed by atoms with Crippen LogP contribution in [0, 0.1) is 0 Å².